The number of ether oxygens (including phenoxy) is 2. The maximum Gasteiger partial charge on any atom is 0.179 e. The molecule has 5 nitrogen and oxygen atoms in total. The van der Waals surface area contributed by atoms with Crippen LogP contribution in [0.2, 0.25) is 5.02 Å². The van der Waals surface area contributed by atoms with E-state index in [1.807, 2.05) is 24.3 Å². The molecule has 0 aliphatic rings. The quantitative estimate of drug-likeness (QED) is 0.478. The summed E-state index contributed by atoms with van der Waals surface area (Å²) < 4.78 is 11.6. The topological polar surface area (TPSA) is 52.9 Å². The molecule has 24 heavy (non-hydrogen) atoms. The Morgan fingerprint density at radius 1 is 1.21 bits per heavy atom. The minimum atomic E-state index is 0.316. The van der Waals surface area contributed by atoms with Gasteiger partial charge in [-0.2, -0.15) is 0 Å². The van der Waals surface area contributed by atoms with Crippen LogP contribution in [0.15, 0.2) is 41.6 Å². The molecule has 0 radical (unpaired) electrons. The molecule has 1 aromatic heterocycles. The number of oxime groups is 1. The molecule has 0 saturated carbocycles. The number of hydrogen-bond acceptors (Lipinski definition) is 6. The predicted molar refractivity (Wildman–Crippen MR) is 96.6 cm³/mol. The predicted octanol–water partition coefficient (Wildman–Crippen LogP) is 4.52. The Hall–Kier alpha value is -2.31. The second-order valence-corrected chi connectivity index (χ2v) is 6.34. The minimum Gasteiger partial charge on any atom is -0.493 e. The van der Waals surface area contributed by atoms with Crippen LogP contribution >= 0.6 is 22.9 Å². The summed E-state index contributed by atoms with van der Waals surface area (Å²) in [6.07, 6.45) is 1.57. The van der Waals surface area contributed by atoms with Gasteiger partial charge in [0.2, 0.25) is 0 Å². The van der Waals surface area contributed by atoms with Crippen molar-refractivity contribution in [3.8, 4) is 11.5 Å². The van der Waals surface area contributed by atoms with Gasteiger partial charge in [0.1, 0.15) is 5.01 Å². The molecule has 0 spiro atoms. The van der Waals surface area contributed by atoms with Gasteiger partial charge in [0.15, 0.2) is 18.1 Å². The first-order chi connectivity index (χ1) is 11.7. The fraction of sp³-hybridized carbons (Fsp3) is 0.176. The summed E-state index contributed by atoms with van der Waals surface area (Å²) in [6, 6.07) is 11.5. The van der Waals surface area contributed by atoms with Crippen molar-refractivity contribution >= 4 is 39.4 Å². The smallest absolute Gasteiger partial charge is 0.179 e. The van der Waals surface area contributed by atoms with Gasteiger partial charge in [-0.15, -0.1) is 11.3 Å². The third kappa shape index (κ3) is 3.60. The van der Waals surface area contributed by atoms with E-state index in [-0.39, 0.29) is 0 Å². The first-order valence-electron chi connectivity index (χ1n) is 7.12. The van der Waals surface area contributed by atoms with Crippen molar-refractivity contribution < 1.29 is 14.3 Å². The maximum atomic E-state index is 6.15. The van der Waals surface area contributed by atoms with Gasteiger partial charge >= 0.3 is 0 Å². The Morgan fingerprint density at radius 2 is 2.04 bits per heavy atom. The lowest BCUT2D eigenvalue weighted by Crippen LogP contribution is -1.94. The summed E-state index contributed by atoms with van der Waals surface area (Å²) in [7, 11) is 3.09. The van der Waals surface area contributed by atoms with Crippen molar-refractivity contribution in [1.82, 2.24) is 4.98 Å². The van der Waals surface area contributed by atoms with Crippen molar-refractivity contribution in [3.63, 3.8) is 0 Å². The number of nitrogens with zero attached hydrogens (tertiary/aromatic N) is 2. The summed E-state index contributed by atoms with van der Waals surface area (Å²) >= 11 is 7.74. The van der Waals surface area contributed by atoms with Crippen LogP contribution in [0, 0.1) is 0 Å². The fourth-order valence-electron chi connectivity index (χ4n) is 2.18. The second-order valence-electron chi connectivity index (χ2n) is 4.82. The van der Waals surface area contributed by atoms with Gasteiger partial charge in [0, 0.05) is 5.56 Å². The van der Waals surface area contributed by atoms with E-state index in [9.17, 15) is 0 Å². The molecule has 0 fully saturated rings. The zero-order valence-electron chi connectivity index (χ0n) is 13.2. The molecular weight excluding hydrogens is 348 g/mol. The number of methoxy groups -OCH3 is 2. The van der Waals surface area contributed by atoms with Crippen LogP contribution in [0.5, 0.6) is 11.5 Å². The van der Waals surface area contributed by atoms with E-state index in [2.05, 4.69) is 10.1 Å². The molecule has 0 N–H and O–H groups in total. The molecule has 3 rings (SSSR count). The lowest BCUT2D eigenvalue weighted by atomic mass is 10.2. The number of fused-ring (bicyclic) bond motifs is 1. The lowest BCUT2D eigenvalue weighted by molar-refractivity contribution is 0.132. The number of rotatable bonds is 6. The minimum absolute atomic E-state index is 0.316. The van der Waals surface area contributed by atoms with E-state index in [0.717, 1.165) is 20.8 Å². The van der Waals surface area contributed by atoms with Crippen LogP contribution in [0.4, 0.5) is 0 Å². The summed E-state index contributed by atoms with van der Waals surface area (Å²) in [4.78, 5) is 9.81. The third-order valence-electron chi connectivity index (χ3n) is 3.26. The van der Waals surface area contributed by atoms with Crippen LogP contribution in [-0.2, 0) is 11.4 Å². The first-order valence-corrected chi connectivity index (χ1v) is 8.32. The normalized spacial score (nSPS) is 11.1. The van der Waals surface area contributed by atoms with Gasteiger partial charge in [0.05, 0.1) is 35.7 Å². The number of benzene rings is 2. The van der Waals surface area contributed by atoms with Crippen LogP contribution in [0.1, 0.15) is 10.6 Å². The highest BCUT2D eigenvalue weighted by atomic mass is 35.5. The van der Waals surface area contributed by atoms with Crippen LogP contribution in [0.3, 0.4) is 0 Å². The zero-order valence-corrected chi connectivity index (χ0v) is 14.7. The van der Waals surface area contributed by atoms with Crippen LogP contribution in [-0.4, -0.2) is 25.4 Å². The Kier molecular flexibility index (Phi) is 5.17. The molecule has 0 aliphatic heterocycles. The van der Waals surface area contributed by atoms with Crippen molar-refractivity contribution in [1.29, 1.82) is 0 Å². The highest BCUT2D eigenvalue weighted by Crippen LogP contribution is 2.35. The molecule has 0 saturated heterocycles. The Morgan fingerprint density at radius 3 is 2.79 bits per heavy atom. The molecule has 0 bridgehead atoms. The van der Waals surface area contributed by atoms with E-state index in [0.29, 0.717) is 23.1 Å². The van der Waals surface area contributed by atoms with Crippen LogP contribution in [0.25, 0.3) is 10.2 Å². The van der Waals surface area contributed by atoms with Gasteiger partial charge in [0.25, 0.3) is 0 Å². The van der Waals surface area contributed by atoms with Crippen molar-refractivity contribution in [2.75, 3.05) is 14.2 Å². The Bertz CT molecular complexity index is 846. The van der Waals surface area contributed by atoms with E-state index in [4.69, 9.17) is 25.9 Å². The van der Waals surface area contributed by atoms with Gasteiger partial charge in [-0.3, -0.25) is 0 Å². The summed E-state index contributed by atoms with van der Waals surface area (Å²) in [5, 5.41) is 5.29. The molecular formula is C17H15ClN2O3S. The van der Waals surface area contributed by atoms with Crippen LogP contribution < -0.4 is 9.47 Å². The molecule has 1 heterocycles. The molecule has 2 aromatic carbocycles. The molecule has 0 amide bonds. The molecule has 7 heteroatoms. The van der Waals surface area contributed by atoms with E-state index in [1.54, 1.807) is 43.9 Å². The fourth-order valence-corrected chi connectivity index (χ4v) is 3.36. The highest BCUT2D eigenvalue weighted by Gasteiger charge is 2.10. The number of hydrogen-bond donors (Lipinski definition) is 0. The molecule has 3 aromatic rings. The molecule has 0 aliphatic carbocycles. The highest BCUT2D eigenvalue weighted by molar-refractivity contribution is 7.18. The third-order valence-corrected chi connectivity index (χ3v) is 4.55. The number of halogens is 1. The summed E-state index contributed by atoms with van der Waals surface area (Å²) in [5.41, 5.74) is 1.72. The number of thiazole rings is 1. The maximum absolute atomic E-state index is 6.15. The SMILES string of the molecule is COc1cc(/C=N\OCc2nc3ccccc3s2)cc(Cl)c1OC. The lowest BCUT2D eigenvalue weighted by Gasteiger charge is -2.09. The van der Waals surface area contributed by atoms with Gasteiger partial charge in [-0.05, 0) is 24.3 Å². The molecule has 0 atom stereocenters. The average molecular weight is 363 g/mol. The zero-order chi connectivity index (χ0) is 16.9. The number of aromatic nitrogens is 1. The first kappa shape index (κ1) is 16.5. The average Bonchev–Trinajstić information content (AvgIpc) is 3.01. The summed E-state index contributed by atoms with van der Waals surface area (Å²) in [6.45, 7) is 0.316. The van der Waals surface area contributed by atoms with Gasteiger partial charge < -0.3 is 14.3 Å². The Balaban J connectivity index is 1.67. The van der Waals surface area contributed by atoms with E-state index >= 15 is 0 Å². The summed E-state index contributed by atoms with van der Waals surface area (Å²) in [5.74, 6) is 1.03. The monoisotopic (exact) mass is 362 g/mol. The van der Waals surface area contributed by atoms with Gasteiger partial charge in [-0.25, -0.2) is 4.98 Å². The van der Waals surface area contributed by atoms with Gasteiger partial charge in [-0.1, -0.05) is 28.9 Å². The second kappa shape index (κ2) is 7.51. The van der Waals surface area contributed by atoms with Crippen molar-refractivity contribution in [3.05, 3.63) is 52.0 Å². The van der Waals surface area contributed by atoms with Crippen molar-refractivity contribution in [2.45, 2.75) is 6.61 Å². The Labute approximate surface area is 148 Å². The molecule has 124 valence electrons. The van der Waals surface area contributed by atoms with Crippen molar-refractivity contribution in [2.24, 2.45) is 5.16 Å². The van der Waals surface area contributed by atoms with E-state index < -0.39 is 0 Å². The largest absolute Gasteiger partial charge is 0.493 e. The number of para-hydroxylation sites is 1. The standard InChI is InChI=1S/C17H15ClN2O3S/c1-21-14-8-11(7-12(18)17(14)22-2)9-19-23-10-16-20-13-5-3-4-6-15(13)24-16/h3-9H,10H2,1-2H3/b19-9-. The molecule has 0 unspecified atom stereocenters. The van der Waals surface area contributed by atoms with E-state index in [1.165, 1.54) is 0 Å².